The highest BCUT2D eigenvalue weighted by atomic mass is 32.2. The second-order valence-electron chi connectivity index (χ2n) is 5.97. The molecule has 4 aromatic rings. The number of nitrogens with zero attached hydrogens (tertiary/aromatic N) is 1. The number of carbonyl (C=O) groups is 1. The van der Waals surface area contributed by atoms with Gasteiger partial charge in [0, 0.05) is 35.2 Å². The van der Waals surface area contributed by atoms with Gasteiger partial charge in [0.1, 0.15) is 0 Å². The minimum absolute atomic E-state index is 0.137. The number of H-pyrrole nitrogens is 1. The average molecular weight is 380 g/mol. The van der Waals surface area contributed by atoms with Gasteiger partial charge in [0.15, 0.2) is 5.69 Å². The lowest BCUT2D eigenvalue weighted by molar-refractivity contribution is 0.0960. The minimum atomic E-state index is -3.74. The number of sulfonamides is 1. The van der Waals surface area contributed by atoms with Crippen molar-refractivity contribution in [2.45, 2.75) is 4.90 Å². The van der Waals surface area contributed by atoms with Gasteiger partial charge in [0.2, 0.25) is 0 Å². The van der Waals surface area contributed by atoms with Crippen LogP contribution < -0.4 is 10.0 Å². The van der Waals surface area contributed by atoms with Gasteiger partial charge in [-0.15, -0.1) is 0 Å². The maximum Gasteiger partial charge on any atom is 0.271 e. The molecule has 0 atom stereocenters. The molecule has 136 valence electrons. The molecular formula is C19H16N4O3S. The monoisotopic (exact) mass is 380 g/mol. The zero-order valence-electron chi connectivity index (χ0n) is 14.4. The Morgan fingerprint density at radius 2 is 1.81 bits per heavy atom. The lowest BCUT2D eigenvalue weighted by Crippen LogP contribution is -2.19. The number of hydrogen-bond acceptors (Lipinski definition) is 4. The van der Waals surface area contributed by atoms with Gasteiger partial charge in [-0.3, -0.25) is 9.52 Å². The summed E-state index contributed by atoms with van der Waals surface area (Å²) in [5.41, 5.74) is 2.04. The molecule has 0 spiro atoms. The van der Waals surface area contributed by atoms with Crippen LogP contribution in [0, 0.1) is 0 Å². The van der Waals surface area contributed by atoms with Crippen LogP contribution in [-0.2, 0) is 10.0 Å². The molecule has 0 radical (unpaired) electrons. The third-order valence-corrected chi connectivity index (χ3v) is 5.65. The molecule has 0 aliphatic carbocycles. The lowest BCUT2D eigenvalue weighted by Gasteiger charge is -2.08. The van der Waals surface area contributed by atoms with E-state index < -0.39 is 10.0 Å². The number of pyridine rings is 1. The largest absolute Gasteiger partial charge is 0.354 e. The predicted octanol–water partition coefficient (Wildman–Crippen LogP) is 2.88. The van der Waals surface area contributed by atoms with Gasteiger partial charge in [-0.2, -0.15) is 0 Å². The van der Waals surface area contributed by atoms with Crippen molar-refractivity contribution in [1.29, 1.82) is 0 Å². The third kappa shape index (κ3) is 3.00. The van der Waals surface area contributed by atoms with E-state index in [0.717, 1.165) is 10.9 Å². The van der Waals surface area contributed by atoms with E-state index in [2.05, 4.69) is 20.0 Å². The van der Waals surface area contributed by atoms with Crippen molar-refractivity contribution in [3.8, 4) is 0 Å². The third-order valence-electron chi connectivity index (χ3n) is 4.27. The first kappa shape index (κ1) is 17.0. The van der Waals surface area contributed by atoms with Crippen LogP contribution in [0.2, 0.25) is 0 Å². The molecule has 3 N–H and O–H groups in total. The van der Waals surface area contributed by atoms with Crippen molar-refractivity contribution in [3.05, 3.63) is 66.5 Å². The Morgan fingerprint density at radius 1 is 1.04 bits per heavy atom. The Kier molecular flexibility index (Phi) is 4.04. The van der Waals surface area contributed by atoms with Crippen LogP contribution in [0.25, 0.3) is 21.8 Å². The van der Waals surface area contributed by atoms with Crippen LogP contribution in [0.4, 0.5) is 5.69 Å². The molecule has 2 aromatic carbocycles. The number of benzene rings is 2. The molecule has 8 heteroatoms. The topological polar surface area (TPSA) is 104 Å². The van der Waals surface area contributed by atoms with E-state index in [1.54, 1.807) is 42.5 Å². The van der Waals surface area contributed by atoms with Gasteiger partial charge < -0.3 is 10.3 Å². The number of carbonyl (C=O) groups excluding carboxylic acids is 1. The van der Waals surface area contributed by atoms with Gasteiger partial charge in [-0.25, -0.2) is 13.4 Å². The number of amides is 1. The van der Waals surface area contributed by atoms with E-state index in [9.17, 15) is 13.2 Å². The number of nitrogens with one attached hydrogen (secondary N) is 3. The second kappa shape index (κ2) is 6.40. The Hall–Kier alpha value is -3.39. The molecule has 0 bridgehead atoms. The summed E-state index contributed by atoms with van der Waals surface area (Å²) in [7, 11) is -2.21. The molecule has 0 unspecified atom stereocenters. The summed E-state index contributed by atoms with van der Waals surface area (Å²) in [6, 6.07) is 15.2. The highest BCUT2D eigenvalue weighted by Crippen LogP contribution is 2.29. The minimum Gasteiger partial charge on any atom is -0.354 e. The molecule has 7 nitrogen and oxygen atoms in total. The zero-order chi connectivity index (χ0) is 19.0. The number of aromatic nitrogens is 2. The van der Waals surface area contributed by atoms with E-state index in [1.165, 1.54) is 19.3 Å². The van der Waals surface area contributed by atoms with Crippen LogP contribution >= 0.6 is 0 Å². The number of anilines is 1. The first-order valence-electron chi connectivity index (χ1n) is 8.20. The second-order valence-corrected chi connectivity index (χ2v) is 7.65. The van der Waals surface area contributed by atoms with Crippen LogP contribution in [-0.4, -0.2) is 31.3 Å². The maximum absolute atomic E-state index is 12.7. The molecule has 0 saturated heterocycles. The molecule has 0 aliphatic rings. The number of aromatic amines is 1. The molecule has 0 aliphatic heterocycles. The Morgan fingerprint density at radius 3 is 2.56 bits per heavy atom. The number of rotatable bonds is 4. The van der Waals surface area contributed by atoms with Crippen LogP contribution in [0.15, 0.2) is 65.7 Å². The Labute approximate surface area is 155 Å². The van der Waals surface area contributed by atoms with Gasteiger partial charge in [0.25, 0.3) is 15.9 Å². The quantitative estimate of drug-likeness (QED) is 0.506. The predicted molar refractivity (Wildman–Crippen MR) is 104 cm³/mol. The summed E-state index contributed by atoms with van der Waals surface area (Å²) >= 11 is 0. The fraction of sp³-hybridized carbons (Fsp3) is 0.0526. The zero-order valence-corrected chi connectivity index (χ0v) is 15.2. The molecule has 1 amide bonds. The summed E-state index contributed by atoms with van der Waals surface area (Å²) in [5.74, 6) is -0.314. The average Bonchev–Trinajstić information content (AvgIpc) is 3.05. The summed E-state index contributed by atoms with van der Waals surface area (Å²) in [6.45, 7) is 0. The molecule has 2 aromatic heterocycles. The lowest BCUT2D eigenvalue weighted by atomic mass is 10.1. The molecule has 27 heavy (non-hydrogen) atoms. The first-order valence-corrected chi connectivity index (χ1v) is 9.68. The van der Waals surface area contributed by atoms with Crippen molar-refractivity contribution in [1.82, 2.24) is 15.3 Å². The van der Waals surface area contributed by atoms with Gasteiger partial charge >= 0.3 is 0 Å². The van der Waals surface area contributed by atoms with Crippen molar-refractivity contribution >= 4 is 43.4 Å². The number of fused-ring (bicyclic) bond motifs is 3. The molecule has 0 saturated carbocycles. The van der Waals surface area contributed by atoms with Gasteiger partial charge in [-0.05, 0) is 36.4 Å². The van der Waals surface area contributed by atoms with Crippen molar-refractivity contribution in [3.63, 3.8) is 0 Å². The van der Waals surface area contributed by atoms with E-state index in [-0.39, 0.29) is 16.5 Å². The van der Waals surface area contributed by atoms with E-state index in [1.807, 2.05) is 6.07 Å². The Balaban J connectivity index is 1.85. The highest BCUT2D eigenvalue weighted by molar-refractivity contribution is 7.92. The molecular weight excluding hydrogens is 364 g/mol. The molecule has 2 heterocycles. The number of para-hydroxylation sites is 1. The standard InChI is InChI=1S/C19H16N4O3S/c1-20-19(24)18-17-14(9-10-21-18)15-11-13(7-8-16(15)22-17)27(25,26)23-12-5-3-2-4-6-12/h2-11,22-23H,1H3,(H,20,24). The van der Waals surface area contributed by atoms with Gasteiger partial charge in [0.05, 0.1) is 10.4 Å². The fourth-order valence-electron chi connectivity index (χ4n) is 2.98. The molecule has 0 fully saturated rings. The summed E-state index contributed by atoms with van der Waals surface area (Å²) in [6.07, 6.45) is 1.53. The number of hydrogen-bond donors (Lipinski definition) is 3. The fourth-order valence-corrected chi connectivity index (χ4v) is 4.07. The van der Waals surface area contributed by atoms with Crippen LogP contribution in [0.1, 0.15) is 10.5 Å². The van der Waals surface area contributed by atoms with Crippen molar-refractivity contribution in [2.75, 3.05) is 11.8 Å². The van der Waals surface area contributed by atoms with Crippen molar-refractivity contribution < 1.29 is 13.2 Å². The normalized spacial score (nSPS) is 11.6. The van der Waals surface area contributed by atoms with E-state index >= 15 is 0 Å². The van der Waals surface area contributed by atoms with Gasteiger partial charge in [-0.1, -0.05) is 18.2 Å². The van der Waals surface area contributed by atoms with E-state index in [4.69, 9.17) is 0 Å². The molecule has 4 rings (SSSR count). The van der Waals surface area contributed by atoms with Crippen molar-refractivity contribution in [2.24, 2.45) is 0 Å². The highest BCUT2D eigenvalue weighted by Gasteiger charge is 2.18. The smallest absolute Gasteiger partial charge is 0.271 e. The maximum atomic E-state index is 12.7. The summed E-state index contributed by atoms with van der Waals surface area (Å²) < 4.78 is 28.0. The van der Waals surface area contributed by atoms with Crippen LogP contribution in [0.3, 0.4) is 0 Å². The van der Waals surface area contributed by atoms with Crippen LogP contribution in [0.5, 0.6) is 0 Å². The SMILES string of the molecule is CNC(=O)c1nccc2c1[nH]c1ccc(S(=O)(=O)Nc3ccccc3)cc12. The first-order chi connectivity index (χ1) is 13.0. The van der Waals surface area contributed by atoms with E-state index in [0.29, 0.717) is 16.6 Å². The summed E-state index contributed by atoms with van der Waals surface area (Å²) in [5, 5.41) is 3.99. The Bertz CT molecular complexity index is 1260. The summed E-state index contributed by atoms with van der Waals surface area (Å²) in [4.78, 5) is 19.4.